The maximum atomic E-state index is 10.6. The second kappa shape index (κ2) is 4.72. The maximum Gasteiger partial charge on any atom is 0.186 e. The van der Waals surface area contributed by atoms with Gasteiger partial charge in [0.15, 0.2) is 11.4 Å². The van der Waals surface area contributed by atoms with Crippen molar-refractivity contribution in [2.75, 3.05) is 25.1 Å². The zero-order valence-corrected chi connectivity index (χ0v) is 9.50. The van der Waals surface area contributed by atoms with Gasteiger partial charge in [-0.15, -0.1) is 0 Å². The van der Waals surface area contributed by atoms with Gasteiger partial charge in [0.1, 0.15) is 0 Å². The number of methoxy groups -OCH3 is 1. The van der Waals surface area contributed by atoms with Gasteiger partial charge >= 0.3 is 0 Å². The van der Waals surface area contributed by atoms with Gasteiger partial charge < -0.3 is 9.64 Å². The molecule has 1 fully saturated rings. The Morgan fingerprint density at radius 3 is 3.27 bits per heavy atom. The van der Waals surface area contributed by atoms with Crippen LogP contribution in [0.25, 0.3) is 0 Å². The third kappa shape index (κ3) is 2.35. The molecule has 0 aliphatic carbocycles. The minimum atomic E-state index is 0.294. The highest BCUT2D eigenvalue weighted by atomic mass is 32.1. The van der Waals surface area contributed by atoms with Crippen LogP contribution in [0.4, 0.5) is 5.13 Å². The van der Waals surface area contributed by atoms with Gasteiger partial charge in [-0.3, -0.25) is 4.79 Å². The summed E-state index contributed by atoms with van der Waals surface area (Å²) in [7, 11) is 1.74. The Hall–Kier alpha value is -0.940. The van der Waals surface area contributed by atoms with Crippen molar-refractivity contribution >= 4 is 22.8 Å². The van der Waals surface area contributed by atoms with Crippen LogP contribution in [-0.2, 0) is 4.74 Å². The Kier molecular flexibility index (Phi) is 3.33. The topological polar surface area (TPSA) is 42.4 Å². The molecule has 0 spiro atoms. The lowest BCUT2D eigenvalue weighted by Crippen LogP contribution is -2.39. The van der Waals surface area contributed by atoms with E-state index in [0.29, 0.717) is 11.0 Å². The quantitative estimate of drug-likeness (QED) is 0.734. The Labute approximate surface area is 92.9 Å². The van der Waals surface area contributed by atoms with Crippen molar-refractivity contribution in [1.82, 2.24) is 4.98 Å². The second-order valence-corrected chi connectivity index (χ2v) is 4.65. The van der Waals surface area contributed by atoms with E-state index in [2.05, 4.69) is 9.88 Å². The van der Waals surface area contributed by atoms with Gasteiger partial charge in [0.2, 0.25) is 0 Å². The highest BCUT2D eigenvalue weighted by Crippen LogP contribution is 2.25. The number of ether oxygens (including phenoxy) is 1. The standard InChI is InChI=1S/C10H14N2O2S/c1-14-8-3-2-4-12(6-8)10-11-5-9(7-13)15-10/h5,7-8H,2-4,6H2,1H3. The van der Waals surface area contributed by atoms with E-state index in [0.717, 1.165) is 37.3 Å². The smallest absolute Gasteiger partial charge is 0.186 e. The summed E-state index contributed by atoms with van der Waals surface area (Å²) in [5, 5.41) is 0.929. The molecule has 0 N–H and O–H groups in total. The molecule has 2 rings (SSSR count). The number of thiazole rings is 1. The van der Waals surface area contributed by atoms with E-state index < -0.39 is 0 Å². The Morgan fingerprint density at radius 1 is 1.73 bits per heavy atom. The zero-order chi connectivity index (χ0) is 10.7. The number of aldehydes is 1. The van der Waals surface area contributed by atoms with Crippen LogP contribution in [0, 0.1) is 0 Å². The monoisotopic (exact) mass is 226 g/mol. The minimum Gasteiger partial charge on any atom is -0.380 e. The van der Waals surface area contributed by atoms with Gasteiger partial charge in [0.05, 0.1) is 17.2 Å². The molecule has 1 aliphatic heterocycles. The fraction of sp³-hybridized carbons (Fsp3) is 0.600. The molecule has 1 aromatic heterocycles. The SMILES string of the molecule is COC1CCCN(c2ncc(C=O)s2)C1. The number of anilines is 1. The van der Waals surface area contributed by atoms with E-state index in [4.69, 9.17) is 4.74 Å². The summed E-state index contributed by atoms with van der Waals surface area (Å²) in [6.07, 6.45) is 5.00. The van der Waals surface area contributed by atoms with Gasteiger partial charge in [0, 0.05) is 20.2 Å². The van der Waals surface area contributed by atoms with Crippen LogP contribution in [0.1, 0.15) is 22.5 Å². The summed E-state index contributed by atoms with van der Waals surface area (Å²) in [4.78, 5) is 17.7. The number of carbonyl (C=O) groups is 1. The van der Waals surface area contributed by atoms with E-state index in [1.807, 2.05) is 0 Å². The number of hydrogen-bond acceptors (Lipinski definition) is 5. The first-order valence-corrected chi connectivity index (χ1v) is 5.84. The zero-order valence-electron chi connectivity index (χ0n) is 8.68. The number of nitrogens with zero attached hydrogens (tertiary/aromatic N) is 2. The average Bonchev–Trinajstić information content (AvgIpc) is 2.78. The molecular formula is C10H14N2O2S. The Morgan fingerprint density at radius 2 is 2.60 bits per heavy atom. The van der Waals surface area contributed by atoms with Gasteiger partial charge in [-0.25, -0.2) is 4.98 Å². The molecule has 1 unspecified atom stereocenters. The maximum absolute atomic E-state index is 10.6. The van der Waals surface area contributed by atoms with Crippen molar-refractivity contribution in [1.29, 1.82) is 0 Å². The van der Waals surface area contributed by atoms with Crippen molar-refractivity contribution in [3.8, 4) is 0 Å². The van der Waals surface area contributed by atoms with Crippen molar-refractivity contribution in [2.45, 2.75) is 18.9 Å². The fourth-order valence-electron chi connectivity index (χ4n) is 1.78. The normalized spacial score (nSPS) is 21.7. The molecule has 15 heavy (non-hydrogen) atoms. The third-order valence-electron chi connectivity index (χ3n) is 2.61. The average molecular weight is 226 g/mol. The molecule has 0 aromatic carbocycles. The van der Waals surface area contributed by atoms with Crippen molar-refractivity contribution in [3.63, 3.8) is 0 Å². The number of piperidine rings is 1. The molecule has 4 nitrogen and oxygen atoms in total. The molecule has 0 amide bonds. The Bertz CT molecular complexity index is 340. The molecule has 82 valence electrons. The first kappa shape index (κ1) is 10.6. The predicted molar refractivity (Wildman–Crippen MR) is 59.7 cm³/mol. The summed E-state index contributed by atoms with van der Waals surface area (Å²) in [6.45, 7) is 1.88. The van der Waals surface area contributed by atoms with E-state index in [1.54, 1.807) is 13.3 Å². The van der Waals surface area contributed by atoms with E-state index >= 15 is 0 Å². The molecule has 0 bridgehead atoms. The summed E-state index contributed by atoms with van der Waals surface area (Å²) < 4.78 is 5.34. The lowest BCUT2D eigenvalue weighted by atomic mass is 10.1. The fourth-order valence-corrected chi connectivity index (χ4v) is 2.55. The molecule has 2 heterocycles. The van der Waals surface area contributed by atoms with Crippen LogP contribution in [0.15, 0.2) is 6.20 Å². The first-order chi connectivity index (χ1) is 7.33. The molecule has 0 radical (unpaired) electrons. The highest BCUT2D eigenvalue weighted by molar-refractivity contribution is 7.17. The summed E-state index contributed by atoms with van der Waals surface area (Å²) >= 11 is 1.44. The highest BCUT2D eigenvalue weighted by Gasteiger charge is 2.21. The largest absolute Gasteiger partial charge is 0.380 e. The molecule has 1 aliphatic rings. The summed E-state index contributed by atoms with van der Waals surface area (Å²) in [6, 6.07) is 0. The number of carbonyl (C=O) groups excluding carboxylic acids is 1. The van der Waals surface area contributed by atoms with Gasteiger partial charge in [-0.1, -0.05) is 11.3 Å². The van der Waals surface area contributed by atoms with Crippen LogP contribution >= 0.6 is 11.3 Å². The minimum absolute atomic E-state index is 0.294. The second-order valence-electron chi connectivity index (χ2n) is 3.61. The van der Waals surface area contributed by atoms with Crippen molar-refractivity contribution in [2.24, 2.45) is 0 Å². The van der Waals surface area contributed by atoms with Gasteiger partial charge in [-0.05, 0) is 12.8 Å². The summed E-state index contributed by atoms with van der Waals surface area (Å²) in [5.74, 6) is 0. The van der Waals surface area contributed by atoms with E-state index in [9.17, 15) is 4.79 Å². The van der Waals surface area contributed by atoms with Crippen LogP contribution in [0.3, 0.4) is 0 Å². The molecule has 1 atom stereocenters. The Balaban J connectivity index is 2.06. The number of hydrogen-bond donors (Lipinski definition) is 0. The van der Waals surface area contributed by atoms with Crippen molar-refractivity contribution < 1.29 is 9.53 Å². The molecule has 5 heteroatoms. The lowest BCUT2D eigenvalue weighted by molar-refractivity contribution is 0.0893. The number of rotatable bonds is 3. The van der Waals surface area contributed by atoms with E-state index in [-0.39, 0.29) is 0 Å². The van der Waals surface area contributed by atoms with Crippen LogP contribution in [0.2, 0.25) is 0 Å². The third-order valence-corrected chi connectivity index (χ3v) is 3.59. The predicted octanol–water partition coefficient (Wildman–Crippen LogP) is 1.57. The molecular weight excluding hydrogens is 212 g/mol. The van der Waals surface area contributed by atoms with Gasteiger partial charge in [-0.2, -0.15) is 0 Å². The molecule has 1 saturated heterocycles. The van der Waals surface area contributed by atoms with E-state index in [1.165, 1.54) is 11.3 Å². The lowest BCUT2D eigenvalue weighted by Gasteiger charge is -2.31. The number of aromatic nitrogens is 1. The summed E-state index contributed by atoms with van der Waals surface area (Å²) in [5.41, 5.74) is 0. The van der Waals surface area contributed by atoms with Crippen LogP contribution < -0.4 is 4.90 Å². The molecule has 0 saturated carbocycles. The molecule has 1 aromatic rings. The van der Waals surface area contributed by atoms with Crippen LogP contribution in [0.5, 0.6) is 0 Å². The first-order valence-electron chi connectivity index (χ1n) is 5.02. The van der Waals surface area contributed by atoms with Gasteiger partial charge in [0.25, 0.3) is 0 Å². The van der Waals surface area contributed by atoms with Crippen LogP contribution in [-0.4, -0.2) is 37.6 Å². The van der Waals surface area contributed by atoms with Crippen molar-refractivity contribution in [3.05, 3.63) is 11.1 Å².